The van der Waals surface area contributed by atoms with Crippen molar-refractivity contribution in [2.75, 3.05) is 40.2 Å². The third-order valence-corrected chi connectivity index (χ3v) is 4.94. The van der Waals surface area contributed by atoms with E-state index in [1.165, 1.54) is 6.07 Å². The summed E-state index contributed by atoms with van der Waals surface area (Å²) in [5.41, 5.74) is 0.149. The molecule has 1 aromatic rings. The molecular weight excluding hydrogens is 388 g/mol. The monoisotopic (exact) mass is 415 g/mol. The van der Waals surface area contributed by atoms with Crippen LogP contribution in [0.5, 0.6) is 17.2 Å². The Morgan fingerprint density at radius 1 is 1.21 bits per heavy atom. The second-order valence-electron chi connectivity index (χ2n) is 6.74. The zero-order valence-electron chi connectivity index (χ0n) is 16.6. The molecule has 2 N–H and O–H groups in total. The number of hydrogen-bond donors (Lipinski definition) is 2. The summed E-state index contributed by atoms with van der Waals surface area (Å²) in [6.45, 7) is 1.67. The number of methoxy groups -OCH3 is 1. The van der Waals surface area contributed by atoms with Crippen molar-refractivity contribution in [3.63, 3.8) is 0 Å². The predicted octanol–water partition coefficient (Wildman–Crippen LogP) is 2.27. The van der Waals surface area contributed by atoms with Gasteiger partial charge in [0, 0.05) is 57.9 Å². The molecule has 8 nitrogen and oxygen atoms in total. The number of halogens is 2. The minimum atomic E-state index is -2.94. The summed E-state index contributed by atoms with van der Waals surface area (Å²) in [7, 11) is 1.69. The van der Waals surface area contributed by atoms with Crippen molar-refractivity contribution in [2.45, 2.75) is 38.5 Å². The van der Waals surface area contributed by atoms with Gasteiger partial charge in [0.25, 0.3) is 0 Å². The van der Waals surface area contributed by atoms with Crippen LogP contribution in [0.15, 0.2) is 17.1 Å². The molecule has 1 saturated heterocycles. The van der Waals surface area contributed by atoms with Crippen LogP contribution < -0.4 is 24.8 Å². The van der Waals surface area contributed by atoms with E-state index in [1.807, 2.05) is 6.92 Å². The summed E-state index contributed by atoms with van der Waals surface area (Å²) < 4.78 is 52.0. The Morgan fingerprint density at radius 2 is 1.93 bits per heavy atom. The zero-order chi connectivity index (χ0) is 20.7. The minimum Gasteiger partial charge on any atom is -0.454 e. The molecule has 1 fully saturated rings. The lowest BCUT2D eigenvalue weighted by Crippen LogP contribution is -2.50. The fraction of sp³-hybridized carbons (Fsp3) is 0.632. The Labute approximate surface area is 168 Å². The van der Waals surface area contributed by atoms with E-state index in [0.717, 1.165) is 12.8 Å². The molecule has 0 unspecified atom stereocenters. The number of hydrogen-bond acceptors (Lipinski definition) is 6. The molecule has 0 spiro atoms. The fourth-order valence-electron chi connectivity index (χ4n) is 3.24. The van der Waals surface area contributed by atoms with E-state index in [2.05, 4.69) is 20.4 Å². The van der Waals surface area contributed by atoms with Crippen molar-refractivity contribution in [2.24, 2.45) is 4.99 Å². The highest BCUT2D eigenvalue weighted by Crippen LogP contribution is 2.39. The van der Waals surface area contributed by atoms with E-state index in [4.69, 9.17) is 18.9 Å². The lowest BCUT2D eigenvalue weighted by molar-refractivity contribution is -0.0855. The molecule has 2 aliphatic heterocycles. The Balaban J connectivity index is 1.72. The number of guanidine groups is 1. The van der Waals surface area contributed by atoms with Crippen molar-refractivity contribution >= 4 is 5.96 Å². The molecule has 3 rings (SSSR count). The standard InChI is InChI=1S/C19H27F2N3O5/c1-3-22-18(24-11-19(25-2)4-6-26-7-5-19)23-10-13-8-15-16(28-12-27-15)9-14(13)29-17(20)21/h8-9,17H,3-7,10-12H2,1-2H3,(H2,22,23,24). The van der Waals surface area contributed by atoms with E-state index in [-0.39, 0.29) is 24.7 Å². The average molecular weight is 415 g/mol. The van der Waals surface area contributed by atoms with Crippen LogP contribution in [0.25, 0.3) is 0 Å². The van der Waals surface area contributed by atoms with Gasteiger partial charge in [0.1, 0.15) is 5.75 Å². The van der Waals surface area contributed by atoms with Crippen LogP contribution in [0.3, 0.4) is 0 Å². The van der Waals surface area contributed by atoms with Crippen molar-refractivity contribution in [3.05, 3.63) is 17.7 Å². The van der Waals surface area contributed by atoms with Crippen molar-refractivity contribution in [1.29, 1.82) is 0 Å². The Hall–Kier alpha value is -2.33. The molecule has 0 radical (unpaired) electrons. The largest absolute Gasteiger partial charge is 0.454 e. The number of benzene rings is 1. The fourth-order valence-corrected chi connectivity index (χ4v) is 3.24. The molecule has 2 aliphatic rings. The third-order valence-electron chi connectivity index (χ3n) is 4.94. The first kappa shape index (κ1) is 21.4. The topological polar surface area (TPSA) is 82.6 Å². The number of ether oxygens (including phenoxy) is 5. The first-order chi connectivity index (χ1) is 14.0. The second-order valence-corrected chi connectivity index (χ2v) is 6.74. The summed E-state index contributed by atoms with van der Waals surface area (Å²) >= 11 is 0. The molecule has 0 saturated carbocycles. The van der Waals surface area contributed by atoms with E-state index in [0.29, 0.717) is 49.3 Å². The molecule has 0 aliphatic carbocycles. The van der Waals surface area contributed by atoms with E-state index in [9.17, 15) is 8.78 Å². The molecule has 29 heavy (non-hydrogen) atoms. The molecule has 0 atom stereocenters. The lowest BCUT2D eigenvalue weighted by Gasteiger charge is -2.36. The van der Waals surface area contributed by atoms with Gasteiger partial charge in [-0.2, -0.15) is 8.78 Å². The molecule has 162 valence electrons. The highest BCUT2D eigenvalue weighted by atomic mass is 19.3. The molecular formula is C19H27F2N3O5. The van der Waals surface area contributed by atoms with Crippen LogP contribution in [0.4, 0.5) is 8.78 Å². The minimum absolute atomic E-state index is 0.0154. The Morgan fingerprint density at radius 3 is 2.59 bits per heavy atom. The maximum Gasteiger partial charge on any atom is 0.387 e. The molecule has 0 amide bonds. The number of alkyl halides is 2. The van der Waals surface area contributed by atoms with Crippen molar-refractivity contribution < 1.29 is 32.5 Å². The summed E-state index contributed by atoms with van der Waals surface area (Å²) in [6.07, 6.45) is 1.56. The predicted molar refractivity (Wildman–Crippen MR) is 102 cm³/mol. The smallest absolute Gasteiger partial charge is 0.387 e. The van der Waals surface area contributed by atoms with Crippen LogP contribution in [-0.2, 0) is 16.0 Å². The molecule has 2 heterocycles. The van der Waals surface area contributed by atoms with Gasteiger partial charge in [0.2, 0.25) is 6.79 Å². The number of aliphatic imine (C=N–C) groups is 1. The summed E-state index contributed by atoms with van der Waals surface area (Å²) in [4.78, 5) is 4.51. The van der Waals surface area contributed by atoms with E-state index < -0.39 is 6.61 Å². The second kappa shape index (κ2) is 9.93. The number of nitrogens with one attached hydrogen (secondary N) is 2. The molecule has 1 aromatic carbocycles. The zero-order valence-corrected chi connectivity index (χ0v) is 16.6. The normalized spacial score (nSPS) is 18.0. The number of rotatable bonds is 8. The molecule has 0 bridgehead atoms. The Kier molecular flexibility index (Phi) is 7.32. The summed E-state index contributed by atoms with van der Waals surface area (Å²) in [5.74, 6) is 1.42. The summed E-state index contributed by atoms with van der Waals surface area (Å²) in [5, 5.41) is 6.43. The van der Waals surface area contributed by atoms with Crippen LogP contribution in [0.1, 0.15) is 25.3 Å². The van der Waals surface area contributed by atoms with Crippen molar-refractivity contribution in [1.82, 2.24) is 10.6 Å². The average Bonchev–Trinajstić information content (AvgIpc) is 3.17. The van der Waals surface area contributed by atoms with Gasteiger partial charge in [-0.3, -0.25) is 0 Å². The van der Waals surface area contributed by atoms with Crippen LogP contribution in [0.2, 0.25) is 0 Å². The Bertz CT molecular complexity index is 711. The maximum absolute atomic E-state index is 12.8. The van der Waals surface area contributed by atoms with E-state index in [1.54, 1.807) is 13.2 Å². The SMILES string of the molecule is CCNC(=NCc1cc2c(cc1OC(F)F)OCO2)NCC1(OC)CCOCC1. The van der Waals surface area contributed by atoms with Gasteiger partial charge in [-0.25, -0.2) is 4.99 Å². The van der Waals surface area contributed by atoms with E-state index >= 15 is 0 Å². The van der Waals surface area contributed by atoms with Gasteiger partial charge in [-0.1, -0.05) is 0 Å². The number of nitrogens with zero attached hydrogens (tertiary/aromatic N) is 1. The van der Waals surface area contributed by atoms with Gasteiger partial charge in [0.15, 0.2) is 17.5 Å². The molecule has 10 heteroatoms. The number of fused-ring (bicyclic) bond motifs is 1. The summed E-state index contributed by atoms with van der Waals surface area (Å²) in [6, 6.07) is 3.02. The quantitative estimate of drug-likeness (QED) is 0.498. The van der Waals surface area contributed by atoms with Crippen LogP contribution in [0, 0.1) is 0 Å². The first-order valence-corrected chi connectivity index (χ1v) is 9.57. The molecule has 0 aromatic heterocycles. The van der Waals surface area contributed by atoms with Gasteiger partial charge in [0.05, 0.1) is 12.1 Å². The first-order valence-electron chi connectivity index (χ1n) is 9.57. The van der Waals surface area contributed by atoms with Gasteiger partial charge in [-0.15, -0.1) is 0 Å². The van der Waals surface area contributed by atoms with Gasteiger partial charge in [-0.05, 0) is 13.0 Å². The third kappa shape index (κ3) is 5.60. The van der Waals surface area contributed by atoms with Crippen molar-refractivity contribution in [3.8, 4) is 17.2 Å². The highest BCUT2D eigenvalue weighted by Gasteiger charge is 2.32. The lowest BCUT2D eigenvalue weighted by atomic mass is 9.94. The van der Waals surface area contributed by atoms with Gasteiger partial charge < -0.3 is 34.3 Å². The van der Waals surface area contributed by atoms with Gasteiger partial charge >= 0.3 is 6.61 Å². The van der Waals surface area contributed by atoms with Crippen LogP contribution in [-0.4, -0.2) is 58.4 Å². The van der Waals surface area contributed by atoms with Crippen LogP contribution >= 0.6 is 0 Å². The maximum atomic E-state index is 12.8. The highest BCUT2D eigenvalue weighted by molar-refractivity contribution is 5.79.